The van der Waals surface area contributed by atoms with E-state index in [1.54, 1.807) is 6.92 Å². The summed E-state index contributed by atoms with van der Waals surface area (Å²) in [6.07, 6.45) is 4.11. The Labute approximate surface area is 134 Å². The van der Waals surface area contributed by atoms with Gasteiger partial charge in [0.1, 0.15) is 5.54 Å². The molecule has 2 aliphatic rings. The zero-order valence-electron chi connectivity index (χ0n) is 13.1. The van der Waals surface area contributed by atoms with E-state index in [0.29, 0.717) is 0 Å². The predicted molar refractivity (Wildman–Crippen MR) is 82.9 cm³/mol. The fourth-order valence-corrected chi connectivity index (χ4v) is 3.35. The number of imide groups is 1. The van der Waals surface area contributed by atoms with Crippen LogP contribution in [0.3, 0.4) is 0 Å². The first-order chi connectivity index (χ1) is 10.9. The molecule has 1 aliphatic carbocycles. The Hall–Kier alpha value is -2.37. The highest BCUT2D eigenvalue weighted by atomic mass is 16.4. The molecule has 1 unspecified atom stereocenters. The molecule has 1 fully saturated rings. The van der Waals surface area contributed by atoms with E-state index in [9.17, 15) is 14.4 Å². The first-order valence-electron chi connectivity index (χ1n) is 7.90. The number of rotatable bonds is 4. The van der Waals surface area contributed by atoms with Crippen LogP contribution in [0.1, 0.15) is 42.9 Å². The largest absolute Gasteiger partial charge is 0.481 e. The number of carbonyl (C=O) groups excluding carboxylic acids is 2. The van der Waals surface area contributed by atoms with Crippen molar-refractivity contribution in [3.63, 3.8) is 0 Å². The van der Waals surface area contributed by atoms with Gasteiger partial charge in [-0.25, -0.2) is 4.79 Å². The summed E-state index contributed by atoms with van der Waals surface area (Å²) in [5.41, 5.74) is 2.18. The van der Waals surface area contributed by atoms with Crippen LogP contribution < -0.4 is 5.32 Å². The molecule has 0 bridgehead atoms. The molecular weight excluding hydrogens is 296 g/mol. The van der Waals surface area contributed by atoms with Crippen molar-refractivity contribution in [2.45, 2.75) is 44.6 Å². The Morgan fingerprint density at radius 2 is 1.96 bits per heavy atom. The van der Waals surface area contributed by atoms with Crippen molar-refractivity contribution in [3.8, 4) is 0 Å². The summed E-state index contributed by atoms with van der Waals surface area (Å²) >= 11 is 0. The van der Waals surface area contributed by atoms with Gasteiger partial charge in [0.2, 0.25) is 0 Å². The Kier molecular flexibility index (Phi) is 3.83. The van der Waals surface area contributed by atoms with Crippen molar-refractivity contribution < 1.29 is 19.5 Å². The van der Waals surface area contributed by atoms with Crippen LogP contribution in [0, 0.1) is 0 Å². The number of amides is 3. The number of carboxylic acids is 1. The summed E-state index contributed by atoms with van der Waals surface area (Å²) in [6, 6.07) is 5.40. The summed E-state index contributed by atoms with van der Waals surface area (Å²) in [6.45, 7) is 1.57. The molecule has 6 heteroatoms. The molecule has 3 rings (SSSR count). The number of carbonyl (C=O) groups is 3. The van der Waals surface area contributed by atoms with Gasteiger partial charge in [0.15, 0.2) is 0 Å². The average Bonchev–Trinajstić information content (AvgIpc) is 2.75. The molecule has 3 amide bonds. The van der Waals surface area contributed by atoms with Gasteiger partial charge in [-0.2, -0.15) is 0 Å². The van der Waals surface area contributed by atoms with E-state index in [1.807, 2.05) is 18.2 Å². The van der Waals surface area contributed by atoms with Crippen LogP contribution in [0.15, 0.2) is 18.2 Å². The van der Waals surface area contributed by atoms with Crippen molar-refractivity contribution in [1.82, 2.24) is 10.2 Å². The molecule has 6 nitrogen and oxygen atoms in total. The minimum absolute atomic E-state index is 0.111. The SMILES string of the molecule is CC1(c2ccc3c(c2)CCCC3)NC(=O)N(CCC(=O)O)C1=O. The number of nitrogens with one attached hydrogen (secondary N) is 1. The number of urea groups is 1. The van der Waals surface area contributed by atoms with Crippen molar-refractivity contribution in [1.29, 1.82) is 0 Å². The molecule has 1 saturated heterocycles. The second-order valence-electron chi connectivity index (χ2n) is 6.35. The molecule has 1 aromatic rings. The minimum atomic E-state index is -1.12. The van der Waals surface area contributed by atoms with Gasteiger partial charge in [-0.1, -0.05) is 18.2 Å². The van der Waals surface area contributed by atoms with Gasteiger partial charge in [-0.05, 0) is 49.3 Å². The number of hydrogen-bond donors (Lipinski definition) is 2. The lowest BCUT2D eigenvalue weighted by Gasteiger charge is -2.25. The zero-order valence-corrected chi connectivity index (χ0v) is 13.1. The van der Waals surface area contributed by atoms with Crippen LogP contribution in [0.2, 0.25) is 0 Å². The fourth-order valence-electron chi connectivity index (χ4n) is 3.35. The van der Waals surface area contributed by atoms with E-state index < -0.39 is 17.5 Å². The van der Waals surface area contributed by atoms with E-state index in [1.165, 1.54) is 17.5 Å². The summed E-state index contributed by atoms with van der Waals surface area (Å²) in [5, 5.41) is 11.5. The number of carboxylic acid groups (broad SMARTS) is 1. The van der Waals surface area contributed by atoms with Crippen LogP contribution in [0.25, 0.3) is 0 Å². The molecule has 1 aromatic carbocycles. The maximum Gasteiger partial charge on any atom is 0.325 e. The molecular formula is C17H20N2O4. The molecule has 0 saturated carbocycles. The average molecular weight is 316 g/mol. The number of nitrogens with zero attached hydrogens (tertiary/aromatic N) is 1. The monoisotopic (exact) mass is 316 g/mol. The lowest BCUT2D eigenvalue weighted by Crippen LogP contribution is -2.41. The van der Waals surface area contributed by atoms with Crippen LogP contribution in [0.5, 0.6) is 0 Å². The molecule has 23 heavy (non-hydrogen) atoms. The highest BCUT2D eigenvalue weighted by Gasteiger charge is 2.49. The van der Waals surface area contributed by atoms with Crippen molar-refractivity contribution >= 4 is 17.9 Å². The van der Waals surface area contributed by atoms with Crippen LogP contribution in [-0.2, 0) is 28.0 Å². The van der Waals surface area contributed by atoms with Gasteiger partial charge in [-0.15, -0.1) is 0 Å². The lowest BCUT2D eigenvalue weighted by atomic mass is 9.85. The summed E-state index contributed by atoms with van der Waals surface area (Å²) in [5.74, 6) is -1.42. The van der Waals surface area contributed by atoms with E-state index in [0.717, 1.165) is 29.7 Å². The first-order valence-corrected chi connectivity index (χ1v) is 7.90. The van der Waals surface area contributed by atoms with Crippen molar-refractivity contribution in [2.75, 3.05) is 6.54 Å². The number of benzene rings is 1. The standard InChI is InChI=1S/C17H20N2O4/c1-17(13-7-6-11-4-2-3-5-12(11)10-13)15(22)19(16(23)18-17)9-8-14(20)21/h6-7,10H,2-5,8-9H2,1H3,(H,18,23)(H,20,21). The third kappa shape index (κ3) is 2.69. The van der Waals surface area contributed by atoms with Crippen molar-refractivity contribution in [2.24, 2.45) is 0 Å². The molecule has 122 valence electrons. The van der Waals surface area contributed by atoms with Gasteiger partial charge in [-0.3, -0.25) is 14.5 Å². The molecule has 1 aliphatic heterocycles. The van der Waals surface area contributed by atoms with E-state index in [4.69, 9.17) is 5.11 Å². The van der Waals surface area contributed by atoms with Gasteiger partial charge >= 0.3 is 12.0 Å². The number of hydrogen-bond acceptors (Lipinski definition) is 3. The molecule has 1 atom stereocenters. The molecule has 1 heterocycles. The van der Waals surface area contributed by atoms with Crippen LogP contribution in [0.4, 0.5) is 4.79 Å². The third-order valence-corrected chi connectivity index (χ3v) is 4.75. The number of aliphatic carboxylic acids is 1. The van der Waals surface area contributed by atoms with Crippen LogP contribution in [-0.4, -0.2) is 34.5 Å². The minimum Gasteiger partial charge on any atom is -0.481 e. The zero-order chi connectivity index (χ0) is 16.6. The maximum atomic E-state index is 12.7. The highest BCUT2D eigenvalue weighted by Crippen LogP contribution is 2.32. The molecule has 2 N–H and O–H groups in total. The Morgan fingerprint density at radius 1 is 1.26 bits per heavy atom. The maximum absolute atomic E-state index is 12.7. The number of fused-ring (bicyclic) bond motifs is 1. The van der Waals surface area contributed by atoms with Gasteiger partial charge in [0.25, 0.3) is 5.91 Å². The Morgan fingerprint density at radius 3 is 2.65 bits per heavy atom. The van der Waals surface area contributed by atoms with E-state index >= 15 is 0 Å². The van der Waals surface area contributed by atoms with Gasteiger partial charge < -0.3 is 10.4 Å². The Bertz CT molecular complexity index is 685. The second-order valence-corrected chi connectivity index (χ2v) is 6.35. The quantitative estimate of drug-likeness (QED) is 0.829. The topological polar surface area (TPSA) is 86.7 Å². The van der Waals surface area contributed by atoms with Crippen molar-refractivity contribution in [3.05, 3.63) is 34.9 Å². The summed E-state index contributed by atoms with van der Waals surface area (Å²) < 4.78 is 0. The predicted octanol–water partition coefficient (Wildman–Crippen LogP) is 1.81. The summed E-state index contributed by atoms with van der Waals surface area (Å²) in [7, 11) is 0. The highest BCUT2D eigenvalue weighted by molar-refractivity contribution is 6.07. The van der Waals surface area contributed by atoms with Gasteiger partial charge in [0.05, 0.1) is 6.42 Å². The molecule has 0 radical (unpaired) electrons. The van der Waals surface area contributed by atoms with E-state index in [2.05, 4.69) is 5.32 Å². The molecule has 0 spiro atoms. The Balaban J connectivity index is 1.88. The number of aryl methyl sites for hydroxylation is 2. The lowest BCUT2D eigenvalue weighted by molar-refractivity contribution is -0.138. The second kappa shape index (κ2) is 5.68. The first kappa shape index (κ1) is 15.5. The van der Waals surface area contributed by atoms with Gasteiger partial charge in [0, 0.05) is 6.54 Å². The van der Waals surface area contributed by atoms with Crippen LogP contribution >= 0.6 is 0 Å². The molecule has 0 aromatic heterocycles. The van der Waals surface area contributed by atoms with E-state index in [-0.39, 0.29) is 18.9 Å². The smallest absolute Gasteiger partial charge is 0.325 e. The fraction of sp³-hybridized carbons (Fsp3) is 0.471. The third-order valence-electron chi connectivity index (χ3n) is 4.75. The summed E-state index contributed by atoms with van der Waals surface area (Å²) in [4.78, 5) is 36.4. The normalized spacial score (nSPS) is 23.6.